The lowest BCUT2D eigenvalue weighted by Crippen LogP contribution is -2.30. The Labute approximate surface area is 109 Å². The van der Waals surface area contributed by atoms with Crippen LogP contribution in [0.25, 0.3) is 0 Å². The second-order valence-corrected chi connectivity index (χ2v) is 6.80. The Balaban J connectivity index is 2.00. The zero-order valence-electron chi connectivity index (χ0n) is 10.5. The number of hydrogen-bond donors (Lipinski definition) is 1. The van der Waals surface area contributed by atoms with Crippen LogP contribution in [0.3, 0.4) is 0 Å². The highest BCUT2D eigenvalue weighted by Gasteiger charge is 2.30. The first-order valence-corrected chi connectivity index (χ1v) is 7.94. The topological polar surface area (TPSA) is 63.4 Å². The van der Waals surface area contributed by atoms with Gasteiger partial charge in [0.15, 0.2) is 0 Å². The average molecular weight is 268 g/mol. The van der Waals surface area contributed by atoms with Crippen LogP contribution in [-0.4, -0.2) is 32.4 Å². The monoisotopic (exact) mass is 268 g/mol. The highest BCUT2D eigenvalue weighted by atomic mass is 32.2. The normalized spacial score (nSPS) is 21.3. The van der Waals surface area contributed by atoms with Gasteiger partial charge in [0, 0.05) is 13.1 Å². The Hall–Kier alpha value is -0.910. The van der Waals surface area contributed by atoms with Gasteiger partial charge in [-0.2, -0.15) is 0 Å². The Morgan fingerprint density at radius 1 is 1.28 bits per heavy atom. The maximum atomic E-state index is 12.2. The van der Waals surface area contributed by atoms with Gasteiger partial charge in [0.2, 0.25) is 10.0 Å². The predicted octanol–water partition coefficient (Wildman–Crippen LogP) is 1.19. The number of nitrogens with two attached hydrogens (primary N) is 1. The highest BCUT2D eigenvalue weighted by Crippen LogP contribution is 2.23. The van der Waals surface area contributed by atoms with Crippen molar-refractivity contribution in [3.8, 4) is 0 Å². The second-order valence-electron chi connectivity index (χ2n) is 4.83. The molecule has 4 nitrogen and oxygen atoms in total. The highest BCUT2D eigenvalue weighted by molar-refractivity contribution is 7.88. The SMILES string of the molecule is NCCC1CCN(S(=O)(=O)Cc2ccccc2)C1. The number of hydrogen-bond acceptors (Lipinski definition) is 3. The fourth-order valence-electron chi connectivity index (χ4n) is 2.40. The van der Waals surface area contributed by atoms with E-state index >= 15 is 0 Å². The minimum Gasteiger partial charge on any atom is -0.330 e. The second kappa shape index (κ2) is 5.82. The molecule has 1 fully saturated rings. The van der Waals surface area contributed by atoms with Gasteiger partial charge in [-0.15, -0.1) is 0 Å². The average Bonchev–Trinajstić information content (AvgIpc) is 2.80. The van der Waals surface area contributed by atoms with Crippen molar-refractivity contribution in [1.29, 1.82) is 0 Å². The van der Waals surface area contributed by atoms with Crippen LogP contribution in [0.1, 0.15) is 18.4 Å². The van der Waals surface area contributed by atoms with Gasteiger partial charge in [0.25, 0.3) is 0 Å². The van der Waals surface area contributed by atoms with E-state index in [2.05, 4.69) is 0 Å². The molecule has 1 aliphatic rings. The van der Waals surface area contributed by atoms with Crippen LogP contribution in [0.5, 0.6) is 0 Å². The number of benzene rings is 1. The summed E-state index contributed by atoms with van der Waals surface area (Å²) in [4.78, 5) is 0. The maximum absolute atomic E-state index is 12.2. The molecule has 1 unspecified atom stereocenters. The van der Waals surface area contributed by atoms with E-state index in [9.17, 15) is 8.42 Å². The molecule has 2 rings (SSSR count). The quantitative estimate of drug-likeness (QED) is 0.872. The summed E-state index contributed by atoms with van der Waals surface area (Å²) in [6.45, 7) is 1.91. The molecule has 0 amide bonds. The van der Waals surface area contributed by atoms with Crippen molar-refractivity contribution in [3.05, 3.63) is 35.9 Å². The summed E-state index contributed by atoms with van der Waals surface area (Å²) in [5.41, 5.74) is 6.37. The largest absolute Gasteiger partial charge is 0.330 e. The van der Waals surface area contributed by atoms with E-state index in [-0.39, 0.29) is 5.75 Å². The molecule has 1 aromatic carbocycles. The summed E-state index contributed by atoms with van der Waals surface area (Å²) >= 11 is 0. The number of rotatable bonds is 5. The van der Waals surface area contributed by atoms with Crippen molar-refractivity contribution >= 4 is 10.0 Å². The molecule has 0 spiro atoms. The third kappa shape index (κ3) is 3.31. The Morgan fingerprint density at radius 2 is 2.00 bits per heavy atom. The molecule has 1 aliphatic heterocycles. The maximum Gasteiger partial charge on any atom is 0.218 e. The summed E-state index contributed by atoms with van der Waals surface area (Å²) in [6.07, 6.45) is 1.85. The molecule has 0 aliphatic carbocycles. The molecule has 0 bridgehead atoms. The van der Waals surface area contributed by atoms with E-state index < -0.39 is 10.0 Å². The molecule has 0 radical (unpaired) electrons. The van der Waals surface area contributed by atoms with Gasteiger partial charge in [-0.1, -0.05) is 30.3 Å². The van der Waals surface area contributed by atoms with Crippen LogP contribution in [0, 0.1) is 5.92 Å². The van der Waals surface area contributed by atoms with Gasteiger partial charge in [-0.25, -0.2) is 12.7 Å². The van der Waals surface area contributed by atoms with Gasteiger partial charge in [0.1, 0.15) is 0 Å². The molecule has 1 saturated heterocycles. The van der Waals surface area contributed by atoms with Crippen molar-refractivity contribution in [1.82, 2.24) is 4.31 Å². The fraction of sp³-hybridized carbons (Fsp3) is 0.538. The van der Waals surface area contributed by atoms with Gasteiger partial charge in [-0.05, 0) is 30.9 Å². The lowest BCUT2D eigenvalue weighted by atomic mass is 10.1. The molecular formula is C13H20N2O2S. The summed E-state index contributed by atoms with van der Waals surface area (Å²) < 4.78 is 26.1. The Kier molecular flexibility index (Phi) is 4.37. The van der Waals surface area contributed by atoms with E-state index in [1.165, 1.54) is 0 Å². The van der Waals surface area contributed by atoms with Crippen LogP contribution >= 0.6 is 0 Å². The third-order valence-electron chi connectivity index (χ3n) is 3.41. The van der Waals surface area contributed by atoms with Crippen molar-refractivity contribution in [2.45, 2.75) is 18.6 Å². The first-order valence-electron chi connectivity index (χ1n) is 6.33. The molecule has 18 heavy (non-hydrogen) atoms. The molecule has 1 aromatic rings. The molecule has 2 N–H and O–H groups in total. The molecule has 0 saturated carbocycles. The minimum absolute atomic E-state index is 0.100. The van der Waals surface area contributed by atoms with Crippen molar-refractivity contribution in [2.75, 3.05) is 19.6 Å². The third-order valence-corrected chi connectivity index (χ3v) is 5.23. The first-order chi connectivity index (χ1) is 8.62. The number of sulfonamides is 1. The molecule has 100 valence electrons. The van der Waals surface area contributed by atoms with Gasteiger partial charge in [-0.3, -0.25) is 0 Å². The summed E-state index contributed by atoms with van der Waals surface area (Å²) in [6, 6.07) is 9.33. The Morgan fingerprint density at radius 3 is 2.67 bits per heavy atom. The van der Waals surface area contributed by atoms with Gasteiger partial charge in [0.05, 0.1) is 5.75 Å². The minimum atomic E-state index is -3.17. The molecular weight excluding hydrogens is 248 g/mol. The zero-order chi connectivity index (χ0) is 13.0. The van der Waals surface area contributed by atoms with Gasteiger partial charge < -0.3 is 5.73 Å². The summed E-state index contributed by atoms with van der Waals surface area (Å²) in [5, 5.41) is 0. The van der Waals surface area contributed by atoms with E-state index in [1.807, 2.05) is 30.3 Å². The van der Waals surface area contributed by atoms with Crippen LogP contribution in [0.15, 0.2) is 30.3 Å². The van der Waals surface area contributed by atoms with Crippen LogP contribution in [0.2, 0.25) is 0 Å². The van der Waals surface area contributed by atoms with E-state index in [1.54, 1.807) is 4.31 Å². The van der Waals surface area contributed by atoms with Crippen molar-refractivity contribution in [3.63, 3.8) is 0 Å². The zero-order valence-corrected chi connectivity index (χ0v) is 11.3. The van der Waals surface area contributed by atoms with Gasteiger partial charge >= 0.3 is 0 Å². The molecule has 1 heterocycles. The van der Waals surface area contributed by atoms with E-state index in [0.717, 1.165) is 18.4 Å². The summed E-state index contributed by atoms with van der Waals surface area (Å²) in [7, 11) is -3.17. The van der Waals surface area contributed by atoms with Crippen LogP contribution in [-0.2, 0) is 15.8 Å². The van der Waals surface area contributed by atoms with Crippen molar-refractivity contribution in [2.24, 2.45) is 11.7 Å². The lowest BCUT2D eigenvalue weighted by Gasteiger charge is -2.16. The molecule has 1 atom stereocenters. The van der Waals surface area contributed by atoms with Crippen LogP contribution < -0.4 is 5.73 Å². The lowest BCUT2D eigenvalue weighted by molar-refractivity contribution is 0.448. The van der Waals surface area contributed by atoms with E-state index in [0.29, 0.717) is 25.6 Å². The predicted molar refractivity (Wildman–Crippen MR) is 72.4 cm³/mol. The Bertz CT molecular complexity index is 473. The van der Waals surface area contributed by atoms with E-state index in [4.69, 9.17) is 5.73 Å². The first kappa shape index (κ1) is 13.5. The van der Waals surface area contributed by atoms with Crippen LogP contribution in [0.4, 0.5) is 0 Å². The smallest absolute Gasteiger partial charge is 0.218 e. The van der Waals surface area contributed by atoms with Crippen molar-refractivity contribution < 1.29 is 8.42 Å². The standard InChI is InChI=1S/C13H20N2O2S/c14-8-6-12-7-9-15(10-12)18(16,17)11-13-4-2-1-3-5-13/h1-5,12H,6-11,14H2. The summed E-state index contributed by atoms with van der Waals surface area (Å²) in [5.74, 6) is 0.531. The fourth-order valence-corrected chi connectivity index (χ4v) is 4.02. The molecule has 5 heteroatoms. The number of nitrogens with zero attached hydrogens (tertiary/aromatic N) is 1. The molecule has 0 aromatic heterocycles.